The molecule has 0 spiro atoms. The fourth-order valence-corrected chi connectivity index (χ4v) is 4.53. The van der Waals surface area contributed by atoms with Crippen LogP contribution >= 0.6 is 11.8 Å². The first-order valence-corrected chi connectivity index (χ1v) is 11.6. The normalized spacial score (nSPS) is 11.5. The topological polar surface area (TPSA) is 51.0 Å². The lowest BCUT2D eigenvalue weighted by Gasteiger charge is -2.19. The van der Waals surface area contributed by atoms with E-state index >= 15 is 0 Å². The minimum absolute atomic E-state index is 0.134. The highest BCUT2D eigenvalue weighted by Crippen LogP contribution is 2.36. The van der Waals surface area contributed by atoms with Gasteiger partial charge in [0, 0.05) is 37.4 Å². The number of thioether (sulfide) groups is 1. The number of imidazole rings is 1. The second-order valence-corrected chi connectivity index (χ2v) is 8.78. The number of hydrogen-bond acceptors (Lipinski definition) is 4. The van der Waals surface area contributed by atoms with E-state index in [1.807, 2.05) is 0 Å². The van der Waals surface area contributed by atoms with Gasteiger partial charge in [-0.1, -0.05) is 17.8 Å². The summed E-state index contributed by atoms with van der Waals surface area (Å²) in [5.41, 5.74) is 0.191. The number of pyridine rings is 1. The van der Waals surface area contributed by atoms with E-state index in [1.165, 1.54) is 39.9 Å². The molecule has 11 heteroatoms. The average molecular weight is 519 g/mol. The number of amides is 1. The maximum atomic E-state index is 13.6. The van der Waals surface area contributed by atoms with Crippen LogP contribution in [-0.4, -0.2) is 32.4 Å². The van der Waals surface area contributed by atoms with Crippen molar-refractivity contribution in [3.8, 4) is 5.69 Å². The number of halogens is 5. The monoisotopic (exact) mass is 518 g/mol. The second-order valence-electron chi connectivity index (χ2n) is 7.84. The fourth-order valence-electron chi connectivity index (χ4n) is 3.54. The summed E-state index contributed by atoms with van der Waals surface area (Å²) in [7, 11) is 1.60. The van der Waals surface area contributed by atoms with Crippen molar-refractivity contribution in [1.29, 1.82) is 0 Å². The van der Waals surface area contributed by atoms with Crippen molar-refractivity contribution in [3.05, 3.63) is 107 Å². The van der Waals surface area contributed by atoms with Gasteiger partial charge in [0.1, 0.15) is 17.3 Å². The van der Waals surface area contributed by atoms with E-state index < -0.39 is 29.3 Å². The SMILES string of the molecule is CN(Cc1ccncc1)C(=O)c1cnc(SCc2ccc(F)cc2C(F)(F)F)n1-c1ccc(F)cc1. The van der Waals surface area contributed by atoms with Gasteiger partial charge in [-0.2, -0.15) is 13.2 Å². The minimum Gasteiger partial charge on any atom is -0.336 e. The molecular weight excluding hydrogens is 499 g/mol. The van der Waals surface area contributed by atoms with E-state index in [4.69, 9.17) is 0 Å². The van der Waals surface area contributed by atoms with E-state index in [1.54, 1.807) is 31.6 Å². The molecule has 0 aliphatic rings. The van der Waals surface area contributed by atoms with Crippen LogP contribution in [0.4, 0.5) is 22.0 Å². The van der Waals surface area contributed by atoms with E-state index in [9.17, 15) is 26.7 Å². The molecular formula is C25H19F5N4OS. The maximum Gasteiger partial charge on any atom is 0.416 e. The molecule has 0 atom stereocenters. The third-order valence-corrected chi connectivity index (χ3v) is 6.28. The van der Waals surface area contributed by atoms with Crippen LogP contribution < -0.4 is 0 Å². The summed E-state index contributed by atoms with van der Waals surface area (Å²) in [4.78, 5) is 23.0. The first-order chi connectivity index (χ1) is 17.1. The van der Waals surface area contributed by atoms with Crippen LogP contribution in [0.3, 0.4) is 0 Å². The molecule has 2 aromatic carbocycles. The Morgan fingerprint density at radius 1 is 1.00 bits per heavy atom. The smallest absolute Gasteiger partial charge is 0.336 e. The Bertz CT molecular complexity index is 1360. The lowest BCUT2D eigenvalue weighted by Crippen LogP contribution is -2.28. The average Bonchev–Trinajstić information content (AvgIpc) is 3.27. The molecule has 5 nitrogen and oxygen atoms in total. The highest BCUT2D eigenvalue weighted by atomic mass is 32.2. The number of benzene rings is 2. The Morgan fingerprint density at radius 3 is 2.33 bits per heavy atom. The van der Waals surface area contributed by atoms with Gasteiger partial charge in [0.15, 0.2) is 5.16 Å². The van der Waals surface area contributed by atoms with Gasteiger partial charge < -0.3 is 4.90 Å². The number of carbonyl (C=O) groups excluding carboxylic acids is 1. The predicted molar refractivity (Wildman–Crippen MR) is 125 cm³/mol. The zero-order valence-corrected chi connectivity index (χ0v) is 19.7. The van der Waals surface area contributed by atoms with Gasteiger partial charge in [0.05, 0.1) is 11.8 Å². The van der Waals surface area contributed by atoms with Crippen molar-refractivity contribution in [2.45, 2.75) is 23.6 Å². The zero-order valence-electron chi connectivity index (χ0n) is 18.8. The molecule has 0 saturated heterocycles. The largest absolute Gasteiger partial charge is 0.416 e. The van der Waals surface area contributed by atoms with Gasteiger partial charge in [-0.05, 0) is 59.7 Å². The van der Waals surface area contributed by atoms with Crippen molar-refractivity contribution in [2.24, 2.45) is 0 Å². The van der Waals surface area contributed by atoms with E-state index in [0.717, 1.165) is 29.5 Å². The van der Waals surface area contributed by atoms with Crippen LogP contribution in [0.5, 0.6) is 0 Å². The Morgan fingerprint density at radius 2 is 1.67 bits per heavy atom. The van der Waals surface area contributed by atoms with Gasteiger partial charge in [-0.3, -0.25) is 14.3 Å². The number of nitrogens with zero attached hydrogens (tertiary/aromatic N) is 4. The summed E-state index contributed by atoms with van der Waals surface area (Å²) in [5.74, 6) is -2.06. The Kier molecular flexibility index (Phi) is 7.39. The molecule has 1 amide bonds. The van der Waals surface area contributed by atoms with Crippen molar-refractivity contribution in [1.82, 2.24) is 19.4 Å². The summed E-state index contributed by atoms with van der Waals surface area (Å²) in [6, 6.07) is 11.3. The van der Waals surface area contributed by atoms with Crippen LogP contribution in [-0.2, 0) is 18.5 Å². The first-order valence-electron chi connectivity index (χ1n) is 10.6. The standard InChI is InChI=1S/C25H19F5N4OS/c1-33(14-16-8-10-31-11-9-16)23(35)22-13-32-24(34(22)20-6-4-18(26)5-7-20)36-15-17-2-3-19(27)12-21(17)25(28,29)30/h2-13H,14-15H2,1H3. The van der Waals surface area contributed by atoms with E-state index in [0.29, 0.717) is 11.8 Å². The van der Waals surface area contributed by atoms with E-state index in [-0.39, 0.29) is 28.7 Å². The molecule has 0 saturated carbocycles. The molecule has 0 aliphatic carbocycles. The summed E-state index contributed by atoms with van der Waals surface area (Å²) in [5, 5.41) is 0.222. The maximum absolute atomic E-state index is 13.6. The minimum atomic E-state index is -4.73. The van der Waals surface area contributed by atoms with Gasteiger partial charge >= 0.3 is 6.18 Å². The molecule has 2 aromatic heterocycles. The van der Waals surface area contributed by atoms with Gasteiger partial charge in [0.2, 0.25) is 0 Å². The molecule has 0 bridgehead atoms. The Balaban J connectivity index is 1.67. The lowest BCUT2D eigenvalue weighted by molar-refractivity contribution is -0.138. The van der Waals surface area contributed by atoms with E-state index in [2.05, 4.69) is 9.97 Å². The molecule has 186 valence electrons. The summed E-state index contributed by atoms with van der Waals surface area (Å²) >= 11 is 0.946. The third-order valence-electron chi connectivity index (χ3n) is 5.28. The lowest BCUT2D eigenvalue weighted by atomic mass is 10.1. The van der Waals surface area contributed by atoms with Crippen molar-refractivity contribution in [2.75, 3.05) is 7.05 Å². The Labute approximate surface area is 207 Å². The second kappa shape index (κ2) is 10.5. The number of hydrogen-bond donors (Lipinski definition) is 0. The first kappa shape index (κ1) is 25.4. The molecule has 36 heavy (non-hydrogen) atoms. The Hall–Kier alpha value is -3.73. The molecule has 2 heterocycles. The molecule has 4 rings (SSSR count). The summed E-state index contributed by atoms with van der Waals surface area (Å²) in [6.07, 6.45) is -0.195. The molecule has 0 radical (unpaired) electrons. The van der Waals surface area contributed by atoms with Gasteiger partial charge in [-0.25, -0.2) is 13.8 Å². The van der Waals surface area contributed by atoms with Crippen molar-refractivity contribution >= 4 is 17.7 Å². The number of carbonyl (C=O) groups is 1. The van der Waals surface area contributed by atoms with Crippen molar-refractivity contribution in [3.63, 3.8) is 0 Å². The quantitative estimate of drug-likeness (QED) is 0.218. The van der Waals surface area contributed by atoms with Crippen LogP contribution in [0.25, 0.3) is 5.69 Å². The molecule has 4 aromatic rings. The fraction of sp³-hybridized carbons (Fsp3) is 0.160. The van der Waals surface area contributed by atoms with Crippen LogP contribution in [0.15, 0.2) is 78.3 Å². The van der Waals surface area contributed by atoms with Crippen LogP contribution in [0.1, 0.15) is 27.2 Å². The molecule has 0 fully saturated rings. The van der Waals surface area contributed by atoms with Crippen molar-refractivity contribution < 1.29 is 26.7 Å². The number of aromatic nitrogens is 3. The number of rotatable bonds is 7. The van der Waals surface area contributed by atoms with Crippen LogP contribution in [0, 0.1) is 11.6 Å². The zero-order chi connectivity index (χ0) is 25.9. The highest BCUT2D eigenvalue weighted by molar-refractivity contribution is 7.98. The third kappa shape index (κ3) is 5.73. The molecule has 0 N–H and O–H groups in total. The predicted octanol–water partition coefficient (Wildman–Crippen LogP) is 6.13. The molecule has 0 unspecified atom stereocenters. The molecule has 0 aliphatic heterocycles. The van der Waals surface area contributed by atoms with Gasteiger partial charge in [0.25, 0.3) is 5.91 Å². The van der Waals surface area contributed by atoms with Crippen LogP contribution in [0.2, 0.25) is 0 Å². The highest BCUT2D eigenvalue weighted by Gasteiger charge is 2.34. The summed E-state index contributed by atoms with van der Waals surface area (Å²) in [6.45, 7) is 0.281. The summed E-state index contributed by atoms with van der Waals surface area (Å²) < 4.78 is 68.8. The van der Waals surface area contributed by atoms with Gasteiger partial charge in [-0.15, -0.1) is 0 Å². The number of alkyl halides is 3.